The van der Waals surface area contributed by atoms with Crippen molar-refractivity contribution >= 4 is 72.6 Å². The van der Waals surface area contributed by atoms with Crippen LogP contribution in [0.1, 0.15) is 31.5 Å². The monoisotopic (exact) mass is 921 g/mol. The van der Waals surface area contributed by atoms with Crippen LogP contribution in [-0.4, -0.2) is 27.6 Å². The third-order valence-electron chi connectivity index (χ3n) is 11.9. The number of nitrogens with zero attached hydrogens (tertiary/aromatic N) is 4. The zero-order chi connectivity index (χ0) is 65.7. The highest BCUT2D eigenvalue weighted by molar-refractivity contribution is 7.19. The Bertz CT molecular complexity index is 5230. The quantitative estimate of drug-likeness (QED) is 0.107. The van der Waals surface area contributed by atoms with E-state index >= 15 is 0 Å². The number of fused-ring (bicyclic) bond motifs is 6. The lowest BCUT2D eigenvalue weighted by Gasteiger charge is -2.34. The first-order valence-corrected chi connectivity index (χ1v) is 23.5. The maximum atomic E-state index is 10.2. The lowest BCUT2D eigenvalue weighted by molar-refractivity contribution is 0.669. The van der Waals surface area contributed by atoms with Crippen molar-refractivity contribution in [2.75, 3.05) is 0 Å². The van der Waals surface area contributed by atoms with Crippen molar-refractivity contribution in [3.8, 4) is 51.0 Å². The Hall–Kier alpha value is -8.97. The number of hydrogen-bond acceptors (Lipinski definition) is 4. The van der Waals surface area contributed by atoms with E-state index in [4.69, 9.17) is 35.8 Å². The summed E-state index contributed by atoms with van der Waals surface area (Å²) in [7, 11) is -3.42. The zero-order valence-electron chi connectivity index (χ0n) is 58.7. The number of furan rings is 1. The molecule has 324 valence electrons. The Morgan fingerprint density at radius 1 is 0.377 bits per heavy atom. The normalized spacial score (nSPS) is 16.4. The number of para-hydroxylation sites is 3. The summed E-state index contributed by atoms with van der Waals surface area (Å²) in [5.74, 6) is -1.67. The Morgan fingerprint density at radius 2 is 0.913 bits per heavy atom. The number of rotatable bonds is 9. The van der Waals surface area contributed by atoms with Crippen LogP contribution in [0.5, 0.6) is 0 Å². The molecule has 0 amide bonds. The van der Waals surface area contributed by atoms with Gasteiger partial charge in [0.05, 0.1) is 42.6 Å². The van der Waals surface area contributed by atoms with E-state index in [1.807, 2.05) is 103 Å². The van der Waals surface area contributed by atoms with Crippen molar-refractivity contribution in [1.29, 1.82) is 0 Å². The predicted molar refractivity (Wildman–Crippen MR) is 287 cm³/mol. The van der Waals surface area contributed by atoms with Crippen LogP contribution in [0.15, 0.2) is 259 Å². The molecule has 13 aromatic rings. The van der Waals surface area contributed by atoms with E-state index in [2.05, 4.69) is 0 Å². The standard InChI is InChI=1S/C63H42N4OSi/c1-4-23-47(24-5-1)69(48-25-6-2-7-26-48,49-27-8-3-9-28-49)50-29-19-21-45(41-50)62-64-61(44-20-18-22-46(40-44)67-57-35-15-12-31-52(57)53-32-13-16-36-58(53)67)65-63(66-62)56-34-11-10-30-51(56)43-38-39-55-54-33-14-17-37-59(54)68-60(55)42-43/h1-42H/i10D,11D,12D,13D,14D,15D,16D,17D,18D,20D,22D,30D,31D,32D,33D,34D,35D,36D,37D,38D,39D,40D,42D. The lowest BCUT2D eigenvalue weighted by atomic mass is 9.98. The zero-order valence-corrected chi connectivity index (χ0v) is 36.7. The second-order valence-corrected chi connectivity index (χ2v) is 19.6. The molecule has 0 atom stereocenters. The van der Waals surface area contributed by atoms with Crippen molar-refractivity contribution in [3.63, 3.8) is 0 Å². The van der Waals surface area contributed by atoms with Gasteiger partial charge < -0.3 is 8.98 Å². The van der Waals surface area contributed by atoms with Crippen LogP contribution in [0.25, 0.3) is 94.7 Å². The Kier molecular flexibility index (Phi) is 5.61. The van der Waals surface area contributed by atoms with Crippen LogP contribution in [0, 0.1) is 0 Å². The summed E-state index contributed by atoms with van der Waals surface area (Å²) in [5.41, 5.74) is -5.22. The van der Waals surface area contributed by atoms with Gasteiger partial charge in [-0.3, -0.25) is 0 Å². The molecule has 6 heteroatoms. The smallest absolute Gasteiger partial charge is 0.179 e. The molecule has 10 aromatic carbocycles. The maximum Gasteiger partial charge on any atom is 0.179 e. The highest BCUT2D eigenvalue weighted by Crippen LogP contribution is 2.38. The van der Waals surface area contributed by atoms with Gasteiger partial charge in [0.2, 0.25) is 0 Å². The van der Waals surface area contributed by atoms with Crippen LogP contribution >= 0.6 is 0 Å². The molecule has 0 aliphatic carbocycles. The molecule has 13 rings (SSSR count). The fraction of sp³-hybridized carbons (Fsp3) is 0. The second kappa shape index (κ2) is 16.7. The Balaban J connectivity index is 1.18. The van der Waals surface area contributed by atoms with Gasteiger partial charge in [-0.15, -0.1) is 0 Å². The number of aromatic nitrogens is 4. The molecule has 69 heavy (non-hydrogen) atoms. The van der Waals surface area contributed by atoms with Crippen LogP contribution < -0.4 is 20.7 Å². The average Bonchev–Trinajstić information content (AvgIpc) is 1.48. The van der Waals surface area contributed by atoms with E-state index in [9.17, 15) is 15.1 Å². The maximum absolute atomic E-state index is 10.2. The molecule has 0 radical (unpaired) electrons. The van der Waals surface area contributed by atoms with Gasteiger partial charge in [0.15, 0.2) is 25.5 Å². The van der Waals surface area contributed by atoms with Crippen LogP contribution in [0.4, 0.5) is 0 Å². The molecule has 0 unspecified atom stereocenters. The molecule has 0 saturated heterocycles. The van der Waals surface area contributed by atoms with Gasteiger partial charge in [-0.1, -0.05) is 212 Å². The summed E-state index contributed by atoms with van der Waals surface area (Å²) < 4.78 is 217. The van der Waals surface area contributed by atoms with E-state index in [-0.39, 0.29) is 22.2 Å². The van der Waals surface area contributed by atoms with Crippen LogP contribution in [0.3, 0.4) is 0 Å². The predicted octanol–water partition coefficient (Wildman–Crippen LogP) is 12.9. The van der Waals surface area contributed by atoms with Gasteiger partial charge in [-0.2, -0.15) is 0 Å². The number of hydrogen-bond donors (Lipinski definition) is 0. The Labute approximate surface area is 432 Å². The third-order valence-corrected chi connectivity index (χ3v) is 16.7. The summed E-state index contributed by atoms with van der Waals surface area (Å²) in [4.78, 5) is 14.6. The van der Waals surface area contributed by atoms with Gasteiger partial charge in [-0.25, -0.2) is 15.0 Å². The summed E-state index contributed by atoms with van der Waals surface area (Å²) >= 11 is 0. The fourth-order valence-corrected chi connectivity index (χ4v) is 13.8. The van der Waals surface area contributed by atoms with Gasteiger partial charge >= 0.3 is 0 Å². The average molecular weight is 922 g/mol. The molecule has 0 aliphatic heterocycles. The van der Waals surface area contributed by atoms with Crippen molar-refractivity contribution < 1.29 is 35.9 Å². The summed E-state index contributed by atoms with van der Waals surface area (Å²) in [6.45, 7) is 0. The van der Waals surface area contributed by atoms with E-state index in [0.29, 0.717) is 0 Å². The minimum Gasteiger partial charge on any atom is -0.456 e. The van der Waals surface area contributed by atoms with E-state index in [0.717, 1.165) is 25.3 Å². The van der Waals surface area contributed by atoms with Crippen molar-refractivity contribution in [1.82, 2.24) is 19.5 Å². The fourth-order valence-electron chi connectivity index (χ4n) is 8.98. The second-order valence-electron chi connectivity index (χ2n) is 15.8. The largest absolute Gasteiger partial charge is 0.456 e. The molecule has 3 aromatic heterocycles. The molecule has 5 nitrogen and oxygen atoms in total. The Morgan fingerprint density at radius 3 is 1.58 bits per heavy atom. The van der Waals surface area contributed by atoms with E-state index < -0.39 is 220 Å². The topological polar surface area (TPSA) is 56.7 Å². The molecular weight excluding hydrogens is 857 g/mol. The minimum atomic E-state index is -3.42. The molecule has 3 heterocycles. The first-order chi connectivity index (χ1) is 43.8. The lowest BCUT2D eigenvalue weighted by Crippen LogP contribution is -2.74. The molecular formula is C63H42N4OSi. The number of benzene rings is 10. The first kappa shape index (κ1) is 23.2. The van der Waals surface area contributed by atoms with Gasteiger partial charge in [0.25, 0.3) is 0 Å². The van der Waals surface area contributed by atoms with Crippen LogP contribution in [-0.2, 0) is 0 Å². The van der Waals surface area contributed by atoms with Crippen LogP contribution in [0.2, 0.25) is 0 Å². The molecule has 0 bridgehead atoms. The van der Waals surface area contributed by atoms with Gasteiger partial charge in [0.1, 0.15) is 11.2 Å². The molecule has 0 saturated carbocycles. The van der Waals surface area contributed by atoms with Crippen molar-refractivity contribution in [2.24, 2.45) is 0 Å². The molecule has 0 spiro atoms. The van der Waals surface area contributed by atoms with Crippen molar-refractivity contribution in [2.45, 2.75) is 0 Å². The van der Waals surface area contributed by atoms with Gasteiger partial charge in [0, 0.05) is 43.9 Å². The summed E-state index contributed by atoms with van der Waals surface area (Å²) in [5, 5.41) is 2.08. The highest BCUT2D eigenvalue weighted by Gasteiger charge is 2.41. The van der Waals surface area contributed by atoms with E-state index in [1.54, 1.807) is 12.1 Å². The van der Waals surface area contributed by atoms with Crippen molar-refractivity contribution in [3.05, 3.63) is 254 Å². The summed E-state index contributed by atoms with van der Waals surface area (Å²) in [6, 6.07) is 17.9. The first-order valence-electron chi connectivity index (χ1n) is 33.0. The minimum absolute atomic E-state index is 0.199. The molecule has 0 fully saturated rings. The highest BCUT2D eigenvalue weighted by atomic mass is 28.3. The van der Waals surface area contributed by atoms with E-state index in [1.165, 1.54) is 0 Å². The third kappa shape index (κ3) is 6.80. The van der Waals surface area contributed by atoms with Gasteiger partial charge in [-0.05, 0) is 74.2 Å². The summed E-state index contributed by atoms with van der Waals surface area (Å²) in [6.07, 6.45) is 0. The molecule has 0 aliphatic rings. The SMILES string of the molecule is [2H]c1c([2H])c([2H])c(-c2c([2H])c([2H])c3c(oc4c([2H])c([2H])c([2H])c([2H])c43)c2[2H])c(-c2nc(-c3cccc([Si](c4ccccc4)(c4ccccc4)c4ccccc4)c3)nc(-c3c([2H])c([2H])c([2H])c(-n4c5c([2H])c([2H])c([2H])c([2H])c5c5c([2H])c([2H])c([2H])c([2H])c54)c3[2H])n2)c1[2H]. The molecule has 0 N–H and O–H groups in total.